The molecule has 2 rings (SSSR count). The average molecular weight is 285 g/mol. The Morgan fingerprint density at radius 2 is 2.47 bits per heavy atom. The molecule has 0 saturated carbocycles. The van der Waals surface area contributed by atoms with E-state index >= 15 is 0 Å². The second kappa shape index (κ2) is 5.98. The molecule has 1 atom stereocenters. The van der Waals surface area contributed by atoms with Crippen molar-refractivity contribution in [3.8, 4) is 0 Å². The van der Waals surface area contributed by atoms with Crippen molar-refractivity contribution >= 4 is 23.3 Å². The van der Waals surface area contributed by atoms with E-state index in [0.29, 0.717) is 17.2 Å². The lowest BCUT2D eigenvalue weighted by Gasteiger charge is -2.18. The SMILES string of the molecule is COCNC(=O)c1csc([C@@H]2CCCN2C(=O)O)n1. The monoisotopic (exact) mass is 285 g/mol. The lowest BCUT2D eigenvalue weighted by atomic mass is 10.2. The number of carboxylic acid groups (broad SMARTS) is 1. The molecule has 1 aromatic heterocycles. The van der Waals surface area contributed by atoms with Crippen LogP contribution in [0.3, 0.4) is 0 Å². The maximum atomic E-state index is 11.7. The van der Waals surface area contributed by atoms with Gasteiger partial charge in [-0.3, -0.25) is 9.69 Å². The average Bonchev–Trinajstić information content (AvgIpc) is 3.02. The molecule has 1 aliphatic rings. The largest absolute Gasteiger partial charge is 0.465 e. The number of likely N-dealkylation sites (tertiary alicyclic amines) is 1. The Morgan fingerprint density at radius 1 is 1.68 bits per heavy atom. The highest BCUT2D eigenvalue weighted by Crippen LogP contribution is 2.33. The van der Waals surface area contributed by atoms with Gasteiger partial charge in [-0.25, -0.2) is 9.78 Å². The molecule has 8 heteroatoms. The Balaban J connectivity index is 2.08. The highest BCUT2D eigenvalue weighted by atomic mass is 32.1. The van der Waals surface area contributed by atoms with E-state index in [-0.39, 0.29) is 18.7 Å². The van der Waals surface area contributed by atoms with Crippen molar-refractivity contribution in [3.05, 3.63) is 16.1 Å². The van der Waals surface area contributed by atoms with Gasteiger partial charge in [-0.1, -0.05) is 0 Å². The van der Waals surface area contributed by atoms with E-state index in [9.17, 15) is 9.59 Å². The molecule has 2 heterocycles. The third-order valence-corrected chi connectivity index (χ3v) is 3.86. The third-order valence-electron chi connectivity index (χ3n) is 2.92. The molecule has 1 aliphatic heterocycles. The number of hydrogen-bond donors (Lipinski definition) is 2. The summed E-state index contributed by atoms with van der Waals surface area (Å²) in [5.41, 5.74) is 0.300. The second-order valence-corrected chi connectivity index (χ2v) is 5.03. The Labute approximate surface area is 114 Å². The summed E-state index contributed by atoms with van der Waals surface area (Å²) in [5.74, 6) is -0.316. The molecule has 7 nitrogen and oxygen atoms in total. The van der Waals surface area contributed by atoms with Crippen molar-refractivity contribution in [1.82, 2.24) is 15.2 Å². The van der Waals surface area contributed by atoms with Crippen LogP contribution in [0.2, 0.25) is 0 Å². The van der Waals surface area contributed by atoms with Gasteiger partial charge in [-0.2, -0.15) is 0 Å². The fourth-order valence-corrected chi connectivity index (χ4v) is 2.97. The zero-order chi connectivity index (χ0) is 13.8. The number of hydrogen-bond acceptors (Lipinski definition) is 5. The number of methoxy groups -OCH3 is 1. The van der Waals surface area contributed by atoms with Gasteiger partial charge < -0.3 is 15.2 Å². The summed E-state index contributed by atoms with van der Waals surface area (Å²) in [4.78, 5) is 28.3. The summed E-state index contributed by atoms with van der Waals surface area (Å²) in [7, 11) is 1.48. The van der Waals surface area contributed by atoms with Gasteiger partial charge in [-0.15, -0.1) is 11.3 Å². The molecule has 0 aromatic carbocycles. The highest BCUT2D eigenvalue weighted by molar-refractivity contribution is 7.09. The molecule has 19 heavy (non-hydrogen) atoms. The van der Waals surface area contributed by atoms with Crippen molar-refractivity contribution in [2.45, 2.75) is 18.9 Å². The molecule has 0 unspecified atom stereocenters. The minimum absolute atomic E-state index is 0.121. The van der Waals surface area contributed by atoms with Crippen LogP contribution in [0.4, 0.5) is 4.79 Å². The van der Waals surface area contributed by atoms with Crippen LogP contribution in [-0.2, 0) is 4.74 Å². The predicted molar refractivity (Wildman–Crippen MR) is 68.2 cm³/mol. The van der Waals surface area contributed by atoms with E-state index in [1.807, 2.05) is 0 Å². The van der Waals surface area contributed by atoms with Crippen LogP contribution >= 0.6 is 11.3 Å². The molecule has 0 spiro atoms. The summed E-state index contributed by atoms with van der Waals surface area (Å²) in [6.45, 7) is 0.640. The lowest BCUT2D eigenvalue weighted by Crippen LogP contribution is -2.29. The first kappa shape index (κ1) is 13.8. The van der Waals surface area contributed by atoms with Crippen molar-refractivity contribution in [1.29, 1.82) is 0 Å². The summed E-state index contributed by atoms with van der Waals surface area (Å²) in [6.07, 6.45) is 0.629. The zero-order valence-corrected chi connectivity index (χ0v) is 11.3. The van der Waals surface area contributed by atoms with Gasteiger partial charge in [0.25, 0.3) is 5.91 Å². The first-order chi connectivity index (χ1) is 9.13. The second-order valence-electron chi connectivity index (χ2n) is 4.14. The van der Waals surface area contributed by atoms with Crippen molar-refractivity contribution in [3.63, 3.8) is 0 Å². The molecular formula is C11H15N3O4S. The number of ether oxygens (including phenoxy) is 1. The number of nitrogens with one attached hydrogen (secondary N) is 1. The number of rotatable bonds is 4. The zero-order valence-electron chi connectivity index (χ0n) is 10.5. The topological polar surface area (TPSA) is 91.8 Å². The van der Waals surface area contributed by atoms with Crippen LogP contribution in [0.15, 0.2) is 5.38 Å². The number of carbonyl (C=O) groups excluding carboxylic acids is 1. The van der Waals surface area contributed by atoms with Crippen molar-refractivity contribution in [2.75, 3.05) is 20.4 Å². The molecule has 1 saturated heterocycles. The van der Waals surface area contributed by atoms with Crippen LogP contribution in [0, 0.1) is 0 Å². The van der Waals surface area contributed by atoms with Crippen molar-refractivity contribution in [2.24, 2.45) is 0 Å². The smallest absolute Gasteiger partial charge is 0.407 e. The Kier molecular flexibility index (Phi) is 4.33. The molecule has 2 N–H and O–H groups in total. The number of aromatic nitrogens is 1. The molecule has 104 valence electrons. The minimum atomic E-state index is -0.942. The fourth-order valence-electron chi connectivity index (χ4n) is 2.03. The van der Waals surface area contributed by atoms with Gasteiger partial charge in [0, 0.05) is 19.0 Å². The summed E-state index contributed by atoms with van der Waals surface area (Å²) in [6, 6.07) is -0.230. The van der Waals surface area contributed by atoms with Gasteiger partial charge >= 0.3 is 6.09 Å². The van der Waals surface area contributed by atoms with E-state index < -0.39 is 6.09 Å². The fraction of sp³-hybridized carbons (Fsp3) is 0.545. The third kappa shape index (κ3) is 3.02. The Hall–Kier alpha value is -1.67. The van der Waals surface area contributed by atoms with Crippen LogP contribution < -0.4 is 5.32 Å². The molecule has 0 bridgehead atoms. The van der Waals surface area contributed by atoms with Crippen LogP contribution in [0.1, 0.15) is 34.4 Å². The molecule has 2 amide bonds. The number of nitrogens with zero attached hydrogens (tertiary/aromatic N) is 2. The maximum absolute atomic E-state index is 11.7. The van der Waals surface area contributed by atoms with Crippen LogP contribution in [0.5, 0.6) is 0 Å². The highest BCUT2D eigenvalue weighted by Gasteiger charge is 2.32. The molecule has 1 aromatic rings. The predicted octanol–water partition coefficient (Wildman–Crippen LogP) is 1.29. The first-order valence-electron chi connectivity index (χ1n) is 5.85. The van der Waals surface area contributed by atoms with Gasteiger partial charge in [-0.05, 0) is 12.8 Å². The van der Waals surface area contributed by atoms with E-state index in [1.165, 1.54) is 23.3 Å². The summed E-state index contributed by atoms with van der Waals surface area (Å²) < 4.78 is 4.75. The Morgan fingerprint density at radius 3 is 3.16 bits per heavy atom. The van der Waals surface area contributed by atoms with Crippen molar-refractivity contribution < 1.29 is 19.4 Å². The molecule has 0 radical (unpaired) electrons. The number of thiazole rings is 1. The molecular weight excluding hydrogens is 270 g/mol. The van der Waals surface area contributed by atoms with Gasteiger partial charge in [0.15, 0.2) is 0 Å². The van der Waals surface area contributed by atoms with Gasteiger partial charge in [0.05, 0.1) is 6.04 Å². The minimum Gasteiger partial charge on any atom is -0.465 e. The standard InChI is InChI=1S/C11H15N3O4S/c1-18-6-12-9(15)7-5-19-10(13-7)8-3-2-4-14(8)11(16)17/h5,8H,2-4,6H2,1H3,(H,12,15)(H,16,17)/t8-/m0/s1. The molecule has 0 aliphatic carbocycles. The van der Waals surface area contributed by atoms with Gasteiger partial charge in [0.1, 0.15) is 17.4 Å². The van der Waals surface area contributed by atoms with E-state index in [4.69, 9.17) is 9.84 Å². The maximum Gasteiger partial charge on any atom is 0.407 e. The van der Waals surface area contributed by atoms with Crippen LogP contribution in [-0.4, -0.2) is 47.4 Å². The summed E-state index contributed by atoms with van der Waals surface area (Å²) in [5, 5.41) is 13.9. The van der Waals surface area contributed by atoms with E-state index in [2.05, 4.69) is 10.3 Å². The van der Waals surface area contributed by atoms with Gasteiger partial charge in [0.2, 0.25) is 0 Å². The normalized spacial score (nSPS) is 18.6. The van der Waals surface area contributed by atoms with E-state index in [0.717, 1.165) is 12.8 Å². The number of carbonyl (C=O) groups is 2. The molecule has 1 fully saturated rings. The lowest BCUT2D eigenvalue weighted by molar-refractivity contribution is 0.0867. The summed E-state index contributed by atoms with van der Waals surface area (Å²) >= 11 is 1.31. The van der Waals surface area contributed by atoms with E-state index in [1.54, 1.807) is 5.38 Å². The Bertz CT molecular complexity index is 476. The quantitative estimate of drug-likeness (QED) is 0.813. The first-order valence-corrected chi connectivity index (χ1v) is 6.73. The van der Waals surface area contributed by atoms with Crippen LogP contribution in [0.25, 0.3) is 0 Å². The number of amides is 2.